The van der Waals surface area contributed by atoms with Gasteiger partial charge in [-0.1, -0.05) is 18.2 Å². The van der Waals surface area contributed by atoms with Crippen LogP contribution in [0, 0.1) is 5.92 Å². The smallest absolute Gasteiger partial charge is 0.225 e. The van der Waals surface area contributed by atoms with Crippen molar-refractivity contribution in [3.63, 3.8) is 0 Å². The summed E-state index contributed by atoms with van der Waals surface area (Å²) in [6.45, 7) is 6.54. The van der Waals surface area contributed by atoms with Gasteiger partial charge in [0.1, 0.15) is 0 Å². The molecule has 2 rings (SSSR count). The Hall–Kier alpha value is -1.92. The van der Waals surface area contributed by atoms with Crippen LogP contribution in [0.3, 0.4) is 0 Å². The highest BCUT2D eigenvalue weighted by Crippen LogP contribution is 2.17. The minimum atomic E-state index is 0.0327. The quantitative estimate of drug-likeness (QED) is 0.627. The largest absolute Gasteiger partial charge is 0.382 e. The molecule has 1 saturated heterocycles. The molecule has 0 aliphatic carbocycles. The number of rotatable bonds is 10. The van der Waals surface area contributed by atoms with E-state index in [2.05, 4.69) is 15.5 Å². The van der Waals surface area contributed by atoms with Crippen LogP contribution in [-0.2, 0) is 14.3 Å². The molecule has 1 aliphatic heterocycles. The van der Waals surface area contributed by atoms with Gasteiger partial charge in [0.05, 0.1) is 0 Å². The lowest BCUT2D eigenvalue weighted by molar-refractivity contribution is -0.126. The molecule has 0 spiro atoms. The van der Waals surface area contributed by atoms with E-state index >= 15 is 0 Å². The molecule has 6 nitrogen and oxygen atoms in total. The highest BCUT2D eigenvalue weighted by molar-refractivity contribution is 5.90. The Balaban J connectivity index is 1.58. The Labute approximate surface area is 156 Å². The summed E-state index contributed by atoms with van der Waals surface area (Å²) in [5.41, 5.74) is 0.831. The van der Waals surface area contributed by atoms with Crippen LogP contribution in [0.15, 0.2) is 30.3 Å². The number of para-hydroxylation sites is 1. The van der Waals surface area contributed by atoms with E-state index in [0.29, 0.717) is 19.6 Å². The maximum Gasteiger partial charge on any atom is 0.225 e. The lowest BCUT2D eigenvalue weighted by Crippen LogP contribution is -2.41. The monoisotopic (exact) mass is 361 g/mol. The number of carbonyl (C=O) groups is 2. The molecule has 1 aliphatic rings. The molecular formula is C20H31N3O3. The number of nitrogens with zero attached hydrogens (tertiary/aromatic N) is 1. The Morgan fingerprint density at radius 3 is 2.62 bits per heavy atom. The summed E-state index contributed by atoms with van der Waals surface area (Å²) < 4.78 is 5.27. The Morgan fingerprint density at radius 1 is 1.19 bits per heavy atom. The van der Waals surface area contributed by atoms with Crippen LogP contribution in [0.5, 0.6) is 0 Å². The molecule has 144 valence electrons. The highest BCUT2D eigenvalue weighted by Gasteiger charge is 2.24. The van der Waals surface area contributed by atoms with Gasteiger partial charge >= 0.3 is 0 Å². The Bertz CT molecular complexity index is 542. The molecule has 0 saturated carbocycles. The second-order valence-electron chi connectivity index (χ2n) is 6.62. The van der Waals surface area contributed by atoms with Gasteiger partial charge in [-0.15, -0.1) is 0 Å². The third kappa shape index (κ3) is 7.54. The fraction of sp³-hybridized carbons (Fsp3) is 0.600. The van der Waals surface area contributed by atoms with Gasteiger partial charge in [0.2, 0.25) is 11.8 Å². The van der Waals surface area contributed by atoms with Crippen molar-refractivity contribution >= 4 is 17.5 Å². The van der Waals surface area contributed by atoms with Gasteiger partial charge in [-0.2, -0.15) is 0 Å². The molecule has 2 amide bonds. The Kier molecular flexibility index (Phi) is 9.14. The third-order valence-electron chi connectivity index (χ3n) is 4.64. The zero-order chi connectivity index (χ0) is 18.6. The topological polar surface area (TPSA) is 70.7 Å². The number of nitrogens with one attached hydrogen (secondary N) is 2. The first-order valence-corrected chi connectivity index (χ1v) is 9.61. The molecule has 0 unspecified atom stereocenters. The summed E-state index contributed by atoms with van der Waals surface area (Å²) in [5.74, 6) is 0.282. The number of amides is 2. The molecule has 0 bridgehead atoms. The van der Waals surface area contributed by atoms with E-state index in [4.69, 9.17) is 4.74 Å². The third-order valence-corrected chi connectivity index (χ3v) is 4.64. The number of piperidine rings is 1. The summed E-state index contributed by atoms with van der Waals surface area (Å²) in [4.78, 5) is 26.4. The first kappa shape index (κ1) is 20.4. The molecule has 1 heterocycles. The van der Waals surface area contributed by atoms with E-state index in [1.165, 1.54) is 0 Å². The van der Waals surface area contributed by atoms with Crippen molar-refractivity contribution in [2.24, 2.45) is 5.92 Å². The molecule has 0 aromatic heterocycles. The van der Waals surface area contributed by atoms with Crippen molar-refractivity contribution in [2.45, 2.75) is 32.6 Å². The van der Waals surface area contributed by atoms with Crippen LogP contribution in [-0.4, -0.2) is 56.1 Å². The van der Waals surface area contributed by atoms with Gasteiger partial charge in [-0.05, 0) is 51.4 Å². The second-order valence-corrected chi connectivity index (χ2v) is 6.62. The predicted molar refractivity (Wildman–Crippen MR) is 103 cm³/mol. The molecular weight excluding hydrogens is 330 g/mol. The molecule has 1 aromatic carbocycles. The average molecular weight is 361 g/mol. The summed E-state index contributed by atoms with van der Waals surface area (Å²) in [6.07, 6.45) is 3.05. The van der Waals surface area contributed by atoms with Crippen LogP contribution < -0.4 is 10.6 Å². The van der Waals surface area contributed by atoms with E-state index in [1.807, 2.05) is 37.3 Å². The minimum absolute atomic E-state index is 0.0327. The molecule has 6 heteroatoms. The number of hydrogen-bond acceptors (Lipinski definition) is 4. The van der Waals surface area contributed by atoms with Crippen LogP contribution in [0.25, 0.3) is 0 Å². The van der Waals surface area contributed by atoms with E-state index in [0.717, 1.165) is 51.2 Å². The summed E-state index contributed by atoms with van der Waals surface area (Å²) in [7, 11) is 0. The van der Waals surface area contributed by atoms with Crippen LogP contribution in [0.2, 0.25) is 0 Å². The van der Waals surface area contributed by atoms with Crippen LogP contribution >= 0.6 is 0 Å². The number of anilines is 1. The van der Waals surface area contributed by atoms with E-state index in [9.17, 15) is 9.59 Å². The average Bonchev–Trinajstić information content (AvgIpc) is 2.67. The van der Waals surface area contributed by atoms with Crippen molar-refractivity contribution < 1.29 is 14.3 Å². The molecule has 1 aromatic rings. The van der Waals surface area contributed by atoms with Gasteiger partial charge in [-0.25, -0.2) is 0 Å². The van der Waals surface area contributed by atoms with Gasteiger partial charge in [0, 0.05) is 44.3 Å². The predicted octanol–water partition coefficient (Wildman–Crippen LogP) is 2.27. The maximum absolute atomic E-state index is 12.2. The van der Waals surface area contributed by atoms with Crippen molar-refractivity contribution in [3.05, 3.63) is 30.3 Å². The number of carbonyl (C=O) groups excluding carboxylic acids is 2. The Morgan fingerprint density at radius 2 is 1.92 bits per heavy atom. The normalized spacial score (nSPS) is 15.6. The van der Waals surface area contributed by atoms with Crippen molar-refractivity contribution in [1.29, 1.82) is 0 Å². The summed E-state index contributed by atoms with van der Waals surface area (Å²) >= 11 is 0. The molecule has 0 radical (unpaired) electrons. The minimum Gasteiger partial charge on any atom is -0.382 e. The number of likely N-dealkylation sites (tertiary alicyclic amines) is 1. The number of ether oxygens (including phenoxy) is 1. The van der Waals surface area contributed by atoms with Crippen molar-refractivity contribution in [1.82, 2.24) is 10.2 Å². The van der Waals surface area contributed by atoms with E-state index in [-0.39, 0.29) is 17.7 Å². The number of benzene rings is 1. The fourth-order valence-electron chi connectivity index (χ4n) is 3.10. The molecule has 26 heavy (non-hydrogen) atoms. The summed E-state index contributed by atoms with van der Waals surface area (Å²) in [6, 6.07) is 9.51. The number of hydrogen-bond donors (Lipinski definition) is 2. The summed E-state index contributed by atoms with van der Waals surface area (Å²) in [5, 5.41) is 5.91. The molecule has 2 N–H and O–H groups in total. The van der Waals surface area contributed by atoms with Crippen molar-refractivity contribution in [3.8, 4) is 0 Å². The maximum atomic E-state index is 12.2. The zero-order valence-electron chi connectivity index (χ0n) is 15.7. The first-order valence-electron chi connectivity index (χ1n) is 9.61. The lowest BCUT2D eigenvalue weighted by atomic mass is 9.96. The van der Waals surface area contributed by atoms with Gasteiger partial charge in [-0.3, -0.25) is 9.59 Å². The second kappa shape index (κ2) is 11.6. The van der Waals surface area contributed by atoms with Crippen molar-refractivity contribution in [2.75, 3.05) is 44.7 Å². The fourth-order valence-corrected chi connectivity index (χ4v) is 3.10. The molecule has 1 fully saturated rings. The molecule has 0 atom stereocenters. The van der Waals surface area contributed by atoms with E-state index in [1.54, 1.807) is 0 Å². The van der Waals surface area contributed by atoms with Gasteiger partial charge in [0.25, 0.3) is 0 Å². The van der Waals surface area contributed by atoms with E-state index < -0.39 is 0 Å². The highest BCUT2D eigenvalue weighted by atomic mass is 16.5. The zero-order valence-corrected chi connectivity index (χ0v) is 15.7. The lowest BCUT2D eigenvalue weighted by Gasteiger charge is -2.31. The van der Waals surface area contributed by atoms with Gasteiger partial charge in [0.15, 0.2) is 0 Å². The SMILES string of the molecule is CCOCCCNC(=O)C1CCN(CCC(=O)Nc2ccccc2)CC1. The first-order chi connectivity index (χ1) is 12.7. The van der Waals surface area contributed by atoms with Crippen LogP contribution in [0.4, 0.5) is 5.69 Å². The standard InChI is InChI=1S/C20H31N3O3/c1-2-26-16-6-12-21-20(25)17-9-13-23(14-10-17)15-11-19(24)22-18-7-4-3-5-8-18/h3-5,7-8,17H,2,6,9-16H2,1H3,(H,21,25)(H,22,24). The van der Waals surface area contributed by atoms with Crippen LogP contribution in [0.1, 0.15) is 32.6 Å². The van der Waals surface area contributed by atoms with Gasteiger partial charge < -0.3 is 20.3 Å².